The lowest BCUT2D eigenvalue weighted by molar-refractivity contribution is -0.110. The normalized spacial score (nSPS) is 11.4. The van der Waals surface area contributed by atoms with Crippen molar-refractivity contribution in [2.24, 2.45) is 0 Å². The van der Waals surface area contributed by atoms with Crippen molar-refractivity contribution in [3.63, 3.8) is 0 Å². The molecule has 9 nitrogen and oxygen atoms in total. The largest absolute Gasteiger partial charge is 0.496 e. The predicted molar refractivity (Wildman–Crippen MR) is 214 cm³/mol. The van der Waals surface area contributed by atoms with Crippen LogP contribution in [0.4, 0.5) is 0 Å². The van der Waals surface area contributed by atoms with Gasteiger partial charge in [0.1, 0.15) is 37.7 Å². The van der Waals surface area contributed by atoms with Gasteiger partial charge < -0.3 is 37.9 Å². The molecule has 6 rings (SSSR count). The second kappa shape index (κ2) is 19.9. The van der Waals surface area contributed by atoms with Gasteiger partial charge in [-0.3, -0.25) is 4.79 Å². The number of ether oxygens (including phenoxy) is 8. The van der Waals surface area contributed by atoms with Crippen LogP contribution in [0.15, 0.2) is 146 Å². The van der Waals surface area contributed by atoms with Gasteiger partial charge in [0, 0.05) is 20.3 Å². The first-order valence-electron chi connectivity index (χ1n) is 18.2. The highest BCUT2D eigenvalue weighted by molar-refractivity contribution is 6.07. The predicted octanol–water partition coefficient (Wildman–Crippen LogP) is 9.61. The number of ketones is 1. The summed E-state index contributed by atoms with van der Waals surface area (Å²) in [6.45, 7) is 0.973. The van der Waals surface area contributed by atoms with Gasteiger partial charge in [0.15, 0.2) is 35.1 Å². The minimum atomic E-state index is -1.03. The third kappa shape index (κ3) is 9.87. The molecular weight excluding hydrogens is 709 g/mol. The standard InChI is InChI=1S/C47H46O9/c1-49-40-28-41(55-31-35-21-13-7-14-22-35)45(50-2)46(56-32-36-23-15-8-16-24-36)43(40)44(48)42(47(51-3)52-4)37-25-26-38(53-29-33-17-9-5-10-18-33)39(27-37)54-30-34-19-11-6-12-20-34/h5-28,42,47H,29-32H2,1-4H3. The van der Waals surface area contributed by atoms with E-state index in [1.54, 1.807) is 18.2 Å². The lowest BCUT2D eigenvalue weighted by atomic mass is 9.88. The maximum absolute atomic E-state index is 15.3. The average Bonchev–Trinajstić information content (AvgIpc) is 3.26. The van der Waals surface area contributed by atoms with Crippen LogP contribution in [-0.2, 0) is 35.9 Å². The number of rotatable bonds is 20. The maximum atomic E-state index is 15.3. The van der Waals surface area contributed by atoms with Crippen LogP contribution in [0.5, 0.6) is 34.5 Å². The Morgan fingerprint density at radius 2 is 0.893 bits per heavy atom. The molecule has 0 aliphatic rings. The summed E-state index contributed by atoms with van der Waals surface area (Å²) in [6, 6.07) is 46.1. The van der Waals surface area contributed by atoms with Crippen LogP contribution in [0.1, 0.15) is 44.1 Å². The van der Waals surface area contributed by atoms with E-state index in [1.807, 2.05) is 127 Å². The van der Waals surface area contributed by atoms with Crippen molar-refractivity contribution in [2.75, 3.05) is 28.4 Å². The van der Waals surface area contributed by atoms with Gasteiger partial charge in [-0.15, -0.1) is 0 Å². The quantitative estimate of drug-likeness (QED) is 0.0558. The maximum Gasteiger partial charge on any atom is 0.204 e. The van der Waals surface area contributed by atoms with Gasteiger partial charge in [-0.2, -0.15) is 0 Å². The molecule has 288 valence electrons. The number of Topliss-reactive ketones (excluding diaryl/α,β-unsaturated/α-hetero) is 1. The topological polar surface area (TPSA) is 90.9 Å². The SMILES string of the molecule is COc1cc(OCc2ccccc2)c(OC)c(OCc2ccccc2)c1C(=O)C(c1ccc(OCc2ccccc2)c(OCc2ccccc2)c1)C(OC)OC. The molecule has 0 aliphatic heterocycles. The van der Waals surface area contributed by atoms with Crippen molar-refractivity contribution >= 4 is 5.78 Å². The molecule has 0 N–H and O–H groups in total. The highest BCUT2D eigenvalue weighted by Gasteiger charge is 2.38. The van der Waals surface area contributed by atoms with E-state index in [9.17, 15) is 0 Å². The Balaban J connectivity index is 1.43. The third-order valence-corrected chi connectivity index (χ3v) is 9.12. The molecule has 0 spiro atoms. The van der Waals surface area contributed by atoms with Crippen LogP contribution in [0.2, 0.25) is 0 Å². The van der Waals surface area contributed by atoms with Gasteiger partial charge in [-0.25, -0.2) is 0 Å². The number of benzene rings is 6. The molecule has 6 aromatic rings. The van der Waals surface area contributed by atoms with E-state index in [-0.39, 0.29) is 42.6 Å². The molecule has 9 heteroatoms. The molecule has 1 atom stereocenters. The summed E-state index contributed by atoms with van der Waals surface area (Å²) in [4.78, 5) is 15.3. The van der Waals surface area contributed by atoms with E-state index >= 15 is 4.79 Å². The fourth-order valence-electron chi connectivity index (χ4n) is 6.27. The van der Waals surface area contributed by atoms with Crippen molar-refractivity contribution < 1.29 is 42.7 Å². The molecule has 0 heterocycles. The summed E-state index contributed by atoms with van der Waals surface area (Å²) in [5.74, 6) is 0.486. The highest BCUT2D eigenvalue weighted by Crippen LogP contribution is 2.48. The molecule has 0 saturated heterocycles. The minimum Gasteiger partial charge on any atom is -0.496 e. The van der Waals surface area contributed by atoms with E-state index in [0.717, 1.165) is 22.3 Å². The van der Waals surface area contributed by atoms with E-state index < -0.39 is 18.0 Å². The second-order valence-corrected chi connectivity index (χ2v) is 12.8. The molecule has 0 saturated carbocycles. The molecule has 1 unspecified atom stereocenters. The minimum absolute atomic E-state index is 0.132. The summed E-state index contributed by atoms with van der Waals surface area (Å²) < 4.78 is 49.0. The van der Waals surface area contributed by atoms with Crippen LogP contribution in [0.3, 0.4) is 0 Å². The number of hydrogen-bond acceptors (Lipinski definition) is 9. The van der Waals surface area contributed by atoms with Crippen molar-refractivity contribution in [3.8, 4) is 34.5 Å². The Hall–Kier alpha value is -6.29. The highest BCUT2D eigenvalue weighted by atomic mass is 16.7. The van der Waals surface area contributed by atoms with Gasteiger partial charge in [-0.05, 0) is 39.9 Å². The van der Waals surface area contributed by atoms with Crippen LogP contribution >= 0.6 is 0 Å². The van der Waals surface area contributed by atoms with Gasteiger partial charge in [0.2, 0.25) is 5.75 Å². The third-order valence-electron chi connectivity index (χ3n) is 9.12. The first-order valence-corrected chi connectivity index (χ1v) is 18.2. The number of carbonyl (C=O) groups is 1. The molecule has 0 aliphatic carbocycles. The van der Waals surface area contributed by atoms with Gasteiger partial charge in [-0.1, -0.05) is 127 Å². The zero-order valence-electron chi connectivity index (χ0n) is 32.0. The fourth-order valence-corrected chi connectivity index (χ4v) is 6.27. The molecule has 0 bridgehead atoms. The smallest absolute Gasteiger partial charge is 0.204 e. The van der Waals surface area contributed by atoms with Crippen LogP contribution in [0, 0.1) is 0 Å². The lowest BCUT2D eigenvalue weighted by Crippen LogP contribution is -2.30. The Kier molecular flexibility index (Phi) is 14.0. The van der Waals surface area contributed by atoms with Gasteiger partial charge in [0.05, 0.1) is 20.1 Å². The fraction of sp³-hybridized carbons (Fsp3) is 0.213. The Bertz CT molecular complexity index is 2120. The summed E-state index contributed by atoms with van der Waals surface area (Å²) in [6.07, 6.45) is -1.02. The molecule has 0 fully saturated rings. The lowest BCUT2D eigenvalue weighted by Gasteiger charge is -2.27. The molecular formula is C47H46O9. The van der Waals surface area contributed by atoms with Crippen LogP contribution < -0.4 is 28.4 Å². The first-order chi connectivity index (χ1) is 27.5. The average molecular weight is 755 g/mol. The molecule has 6 aromatic carbocycles. The van der Waals surface area contributed by atoms with E-state index in [0.29, 0.717) is 29.4 Å². The van der Waals surface area contributed by atoms with Crippen molar-refractivity contribution in [2.45, 2.75) is 38.6 Å². The zero-order chi connectivity index (χ0) is 39.1. The molecule has 56 heavy (non-hydrogen) atoms. The van der Waals surface area contributed by atoms with Gasteiger partial charge >= 0.3 is 0 Å². The Morgan fingerprint density at radius 1 is 0.446 bits per heavy atom. The Morgan fingerprint density at radius 3 is 1.34 bits per heavy atom. The zero-order valence-corrected chi connectivity index (χ0v) is 32.0. The molecule has 0 amide bonds. The van der Waals surface area contributed by atoms with Crippen LogP contribution in [-0.4, -0.2) is 40.5 Å². The summed E-state index contributed by atoms with van der Waals surface area (Å²) >= 11 is 0. The van der Waals surface area contributed by atoms with Crippen LogP contribution in [0.25, 0.3) is 0 Å². The van der Waals surface area contributed by atoms with E-state index in [4.69, 9.17) is 37.9 Å². The molecule has 0 radical (unpaired) electrons. The first kappa shape index (κ1) is 39.4. The van der Waals surface area contributed by atoms with Gasteiger partial charge in [0.25, 0.3) is 0 Å². The Labute approximate surface area is 328 Å². The second-order valence-electron chi connectivity index (χ2n) is 12.8. The summed E-state index contributed by atoms with van der Waals surface area (Å²) in [7, 11) is 5.98. The van der Waals surface area contributed by atoms with Crippen molar-refractivity contribution in [3.05, 3.63) is 179 Å². The molecule has 0 aromatic heterocycles. The number of hydrogen-bond donors (Lipinski definition) is 0. The van der Waals surface area contributed by atoms with Crippen molar-refractivity contribution in [1.82, 2.24) is 0 Å². The van der Waals surface area contributed by atoms with E-state index in [2.05, 4.69) is 0 Å². The monoisotopic (exact) mass is 754 g/mol. The number of methoxy groups -OCH3 is 4. The van der Waals surface area contributed by atoms with E-state index in [1.165, 1.54) is 28.4 Å². The van der Waals surface area contributed by atoms with Crippen molar-refractivity contribution in [1.29, 1.82) is 0 Å². The number of carbonyl (C=O) groups excluding carboxylic acids is 1. The summed E-state index contributed by atoms with van der Waals surface area (Å²) in [5, 5.41) is 0. The summed E-state index contributed by atoms with van der Waals surface area (Å²) in [5.41, 5.74) is 4.49.